The zero-order valence-corrected chi connectivity index (χ0v) is 14.1. The molecule has 0 saturated carbocycles. The van der Waals surface area contributed by atoms with E-state index in [-0.39, 0.29) is 5.54 Å². The fraction of sp³-hybridized carbons (Fsp3) is 1.00. The second-order valence-electron chi connectivity index (χ2n) is 8.27. The summed E-state index contributed by atoms with van der Waals surface area (Å²) in [6.07, 6.45) is 5.28. The number of nitrogens with two attached hydrogens (primary N) is 1. The van der Waals surface area contributed by atoms with Gasteiger partial charge in [0.1, 0.15) is 0 Å². The molecule has 0 aromatic rings. The molecule has 2 N–H and O–H groups in total. The Labute approximate surface area is 123 Å². The molecule has 0 aromatic carbocycles. The summed E-state index contributed by atoms with van der Waals surface area (Å²) in [5.41, 5.74) is 7.46. The SMILES string of the molecule is CC1(C)CCCN(C2(CN)CSCC(C)(C)C2)CC1. The molecule has 1 atom stereocenters. The lowest BCUT2D eigenvalue weighted by Gasteiger charge is -2.50. The molecule has 0 amide bonds. The minimum absolute atomic E-state index is 0.257. The fourth-order valence-electron chi connectivity index (χ4n) is 3.87. The number of thioether (sulfide) groups is 1. The van der Waals surface area contributed by atoms with Gasteiger partial charge in [0.25, 0.3) is 0 Å². The number of hydrogen-bond donors (Lipinski definition) is 1. The minimum Gasteiger partial charge on any atom is -0.329 e. The van der Waals surface area contributed by atoms with E-state index < -0.39 is 0 Å². The van der Waals surface area contributed by atoms with E-state index in [9.17, 15) is 0 Å². The van der Waals surface area contributed by atoms with Crippen LogP contribution in [0.15, 0.2) is 0 Å². The summed E-state index contributed by atoms with van der Waals surface area (Å²) < 4.78 is 0. The van der Waals surface area contributed by atoms with Crippen LogP contribution in [0.1, 0.15) is 53.4 Å². The van der Waals surface area contributed by atoms with Crippen molar-refractivity contribution in [2.75, 3.05) is 31.1 Å². The highest BCUT2D eigenvalue weighted by Crippen LogP contribution is 2.43. The van der Waals surface area contributed by atoms with Gasteiger partial charge in [-0.3, -0.25) is 4.90 Å². The minimum atomic E-state index is 0.257. The van der Waals surface area contributed by atoms with Gasteiger partial charge in [-0.05, 0) is 55.4 Å². The van der Waals surface area contributed by atoms with Crippen LogP contribution in [0.5, 0.6) is 0 Å². The van der Waals surface area contributed by atoms with Gasteiger partial charge >= 0.3 is 0 Å². The van der Waals surface area contributed by atoms with E-state index in [1.54, 1.807) is 0 Å². The van der Waals surface area contributed by atoms with Crippen LogP contribution >= 0.6 is 11.8 Å². The van der Waals surface area contributed by atoms with E-state index in [4.69, 9.17) is 5.73 Å². The molecule has 112 valence electrons. The summed E-state index contributed by atoms with van der Waals surface area (Å²) in [4.78, 5) is 2.75. The van der Waals surface area contributed by atoms with Gasteiger partial charge in [0.15, 0.2) is 0 Å². The highest BCUT2D eigenvalue weighted by atomic mass is 32.2. The zero-order chi connectivity index (χ0) is 14.1. The van der Waals surface area contributed by atoms with Crippen molar-refractivity contribution in [3.8, 4) is 0 Å². The van der Waals surface area contributed by atoms with Crippen molar-refractivity contribution in [2.45, 2.75) is 58.9 Å². The molecule has 0 aromatic heterocycles. The van der Waals surface area contributed by atoms with Gasteiger partial charge in [-0.2, -0.15) is 11.8 Å². The molecule has 2 rings (SSSR count). The lowest BCUT2D eigenvalue weighted by Crippen LogP contribution is -2.60. The van der Waals surface area contributed by atoms with Gasteiger partial charge in [0.05, 0.1) is 0 Å². The molecule has 2 saturated heterocycles. The topological polar surface area (TPSA) is 29.3 Å². The maximum atomic E-state index is 6.25. The first kappa shape index (κ1) is 15.7. The van der Waals surface area contributed by atoms with Crippen molar-refractivity contribution in [1.29, 1.82) is 0 Å². The molecule has 2 nitrogen and oxygen atoms in total. The lowest BCUT2D eigenvalue weighted by molar-refractivity contribution is 0.0690. The van der Waals surface area contributed by atoms with Crippen molar-refractivity contribution in [1.82, 2.24) is 4.90 Å². The van der Waals surface area contributed by atoms with E-state index in [1.807, 2.05) is 0 Å². The van der Waals surface area contributed by atoms with Crippen molar-refractivity contribution < 1.29 is 0 Å². The lowest BCUT2D eigenvalue weighted by atomic mass is 9.78. The third-order valence-corrected chi connectivity index (χ3v) is 6.79. The molecular weight excluding hydrogens is 252 g/mol. The molecule has 1 unspecified atom stereocenters. The van der Waals surface area contributed by atoms with Crippen LogP contribution < -0.4 is 5.73 Å². The number of likely N-dealkylation sites (tertiary alicyclic amines) is 1. The van der Waals surface area contributed by atoms with Gasteiger partial charge in [-0.25, -0.2) is 0 Å². The summed E-state index contributed by atoms with van der Waals surface area (Å²) in [6, 6.07) is 0. The largest absolute Gasteiger partial charge is 0.329 e. The molecule has 0 radical (unpaired) electrons. The Bertz CT molecular complexity index is 314. The van der Waals surface area contributed by atoms with E-state index in [0.29, 0.717) is 10.8 Å². The van der Waals surface area contributed by atoms with E-state index in [2.05, 4.69) is 44.4 Å². The third kappa shape index (κ3) is 3.68. The normalized spacial score (nSPS) is 35.8. The van der Waals surface area contributed by atoms with Crippen LogP contribution in [-0.2, 0) is 0 Å². The molecular formula is C16H32N2S. The molecule has 19 heavy (non-hydrogen) atoms. The van der Waals surface area contributed by atoms with Crippen LogP contribution in [-0.4, -0.2) is 41.6 Å². The molecule has 2 heterocycles. The average molecular weight is 285 g/mol. The van der Waals surface area contributed by atoms with Gasteiger partial charge < -0.3 is 5.73 Å². The Morgan fingerprint density at radius 2 is 1.74 bits per heavy atom. The number of nitrogens with zero attached hydrogens (tertiary/aromatic N) is 1. The molecule has 2 aliphatic heterocycles. The summed E-state index contributed by atoms with van der Waals surface area (Å²) in [5, 5.41) is 0. The Balaban J connectivity index is 2.12. The van der Waals surface area contributed by atoms with Crippen LogP contribution in [0.25, 0.3) is 0 Å². The summed E-state index contributed by atoms with van der Waals surface area (Å²) >= 11 is 2.11. The second kappa shape index (κ2) is 5.57. The van der Waals surface area contributed by atoms with Crippen molar-refractivity contribution in [3.63, 3.8) is 0 Å². The molecule has 0 aliphatic carbocycles. The zero-order valence-electron chi connectivity index (χ0n) is 13.3. The first-order chi connectivity index (χ1) is 8.79. The second-order valence-corrected chi connectivity index (χ2v) is 9.25. The molecule has 0 bridgehead atoms. The summed E-state index contributed by atoms with van der Waals surface area (Å²) in [7, 11) is 0. The molecule has 0 spiro atoms. The Hall–Kier alpha value is 0.270. The Morgan fingerprint density at radius 1 is 1.00 bits per heavy atom. The Morgan fingerprint density at radius 3 is 2.37 bits per heavy atom. The van der Waals surface area contributed by atoms with Crippen LogP contribution in [0, 0.1) is 10.8 Å². The van der Waals surface area contributed by atoms with Crippen molar-refractivity contribution in [2.24, 2.45) is 16.6 Å². The van der Waals surface area contributed by atoms with E-state index >= 15 is 0 Å². The van der Waals surface area contributed by atoms with Crippen LogP contribution in [0.4, 0.5) is 0 Å². The maximum Gasteiger partial charge on any atom is 0.0427 e. The third-order valence-electron chi connectivity index (χ3n) is 5.06. The first-order valence-electron chi connectivity index (χ1n) is 7.82. The van der Waals surface area contributed by atoms with Crippen molar-refractivity contribution in [3.05, 3.63) is 0 Å². The van der Waals surface area contributed by atoms with Crippen LogP contribution in [0.3, 0.4) is 0 Å². The van der Waals surface area contributed by atoms with E-state index in [1.165, 1.54) is 50.3 Å². The van der Waals surface area contributed by atoms with Gasteiger partial charge in [0, 0.05) is 17.8 Å². The van der Waals surface area contributed by atoms with E-state index in [0.717, 1.165) is 6.54 Å². The number of hydrogen-bond acceptors (Lipinski definition) is 3. The van der Waals surface area contributed by atoms with Gasteiger partial charge in [-0.15, -0.1) is 0 Å². The summed E-state index contributed by atoms with van der Waals surface area (Å²) in [5.74, 6) is 2.52. The summed E-state index contributed by atoms with van der Waals surface area (Å²) in [6.45, 7) is 13.0. The Kier molecular flexibility index (Phi) is 4.59. The smallest absolute Gasteiger partial charge is 0.0427 e. The van der Waals surface area contributed by atoms with Gasteiger partial charge in [-0.1, -0.05) is 27.7 Å². The van der Waals surface area contributed by atoms with Crippen LogP contribution in [0.2, 0.25) is 0 Å². The number of rotatable bonds is 2. The molecule has 2 fully saturated rings. The highest BCUT2D eigenvalue weighted by Gasteiger charge is 2.44. The highest BCUT2D eigenvalue weighted by molar-refractivity contribution is 7.99. The average Bonchev–Trinajstić information content (AvgIpc) is 2.49. The quantitative estimate of drug-likeness (QED) is 0.843. The monoisotopic (exact) mass is 284 g/mol. The fourth-order valence-corrected chi connectivity index (χ4v) is 5.41. The predicted molar refractivity (Wildman–Crippen MR) is 86.7 cm³/mol. The predicted octanol–water partition coefficient (Wildman–Crippen LogP) is 3.36. The van der Waals surface area contributed by atoms with Gasteiger partial charge in [0.2, 0.25) is 0 Å². The standard InChI is InChI=1S/C16H32N2S/c1-14(2)6-5-8-18(9-7-14)16(11-17)10-15(3,4)12-19-13-16/h5-13,17H2,1-4H3. The van der Waals surface area contributed by atoms with Crippen molar-refractivity contribution >= 4 is 11.8 Å². The first-order valence-corrected chi connectivity index (χ1v) is 8.97. The maximum absolute atomic E-state index is 6.25. The molecule has 3 heteroatoms. The molecule has 2 aliphatic rings.